The first kappa shape index (κ1) is 18.4. The van der Waals surface area contributed by atoms with Gasteiger partial charge in [0.15, 0.2) is 0 Å². The number of aromatic nitrogens is 3. The van der Waals surface area contributed by atoms with Crippen molar-refractivity contribution >= 4 is 43.6 Å². The van der Waals surface area contributed by atoms with Gasteiger partial charge in [-0.15, -0.1) is 0 Å². The molecule has 2 aromatic heterocycles. The Balaban J connectivity index is 1.33. The van der Waals surface area contributed by atoms with E-state index in [0.29, 0.717) is 30.5 Å². The Bertz CT molecular complexity index is 1210. The molecule has 142 valence electrons. The summed E-state index contributed by atoms with van der Waals surface area (Å²) >= 11 is 3.49. The molecule has 0 fully saturated rings. The fourth-order valence-electron chi connectivity index (χ4n) is 3.24. The van der Waals surface area contributed by atoms with Crippen molar-refractivity contribution in [1.82, 2.24) is 19.4 Å². The summed E-state index contributed by atoms with van der Waals surface area (Å²) in [5.74, 6) is -0.0855. The number of para-hydroxylation sites is 1. The van der Waals surface area contributed by atoms with E-state index in [-0.39, 0.29) is 17.9 Å². The summed E-state index contributed by atoms with van der Waals surface area (Å²) in [4.78, 5) is 28.9. The topological polar surface area (TPSA) is 68.9 Å². The molecule has 28 heavy (non-hydrogen) atoms. The lowest BCUT2D eigenvalue weighted by Crippen LogP contribution is -2.29. The van der Waals surface area contributed by atoms with E-state index in [2.05, 4.69) is 49.0 Å². The van der Waals surface area contributed by atoms with Crippen LogP contribution in [0, 0.1) is 0 Å². The number of amides is 1. The summed E-state index contributed by atoms with van der Waals surface area (Å²) in [6, 6.07) is 15.4. The number of fused-ring (bicyclic) bond motifs is 2. The molecule has 2 aromatic carbocycles. The Kier molecular flexibility index (Phi) is 5.25. The van der Waals surface area contributed by atoms with Gasteiger partial charge >= 0.3 is 0 Å². The number of halogens is 1. The van der Waals surface area contributed by atoms with E-state index in [0.717, 1.165) is 15.4 Å². The van der Waals surface area contributed by atoms with Gasteiger partial charge < -0.3 is 9.88 Å². The zero-order valence-electron chi connectivity index (χ0n) is 15.1. The summed E-state index contributed by atoms with van der Waals surface area (Å²) in [6.45, 7) is 1.52. The Morgan fingerprint density at radius 3 is 2.82 bits per heavy atom. The van der Waals surface area contributed by atoms with Crippen molar-refractivity contribution in [3.63, 3.8) is 0 Å². The van der Waals surface area contributed by atoms with Crippen molar-refractivity contribution in [1.29, 1.82) is 0 Å². The molecular weight excluding hydrogens is 420 g/mol. The van der Waals surface area contributed by atoms with Crippen LogP contribution in [0.3, 0.4) is 0 Å². The molecule has 0 spiro atoms. The van der Waals surface area contributed by atoms with Crippen LogP contribution in [0.25, 0.3) is 21.8 Å². The molecule has 0 atom stereocenters. The predicted molar refractivity (Wildman–Crippen MR) is 113 cm³/mol. The molecule has 0 saturated carbocycles. The Labute approximate surface area is 169 Å². The van der Waals surface area contributed by atoms with Crippen LogP contribution in [-0.2, 0) is 17.9 Å². The van der Waals surface area contributed by atoms with E-state index in [1.165, 1.54) is 10.9 Å². The van der Waals surface area contributed by atoms with Gasteiger partial charge in [-0.25, -0.2) is 4.98 Å². The summed E-state index contributed by atoms with van der Waals surface area (Å²) in [6.07, 6.45) is 3.75. The molecule has 0 unspecified atom stereocenters. The molecule has 0 aliphatic heterocycles. The molecule has 7 heteroatoms. The third-order valence-electron chi connectivity index (χ3n) is 4.72. The van der Waals surface area contributed by atoms with Crippen molar-refractivity contribution in [2.24, 2.45) is 0 Å². The lowest BCUT2D eigenvalue weighted by molar-refractivity contribution is -0.121. The molecule has 1 N–H and O–H groups in total. The summed E-state index contributed by atoms with van der Waals surface area (Å²) in [7, 11) is 0. The van der Waals surface area contributed by atoms with Crippen molar-refractivity contribution in [2.45, 2.75) is 19.5 Å². The Hall–Kier alpha value is -2.93. The van der Waals surface area contributed by atoms with Gasteiger partial charge in [0, 0.05) is 42.2 Å². The Morgan fingerprint density at radius 1 is 1.07 bits per heavy atom. The highest BCUT2D eigenvalue weighted by atomic mass is 79.9. The lowest BCUT2D eigenvalue weighted by atomic mass is 10.2. The highest BCUT2D eigenvalue weighted by molar-refractivity contribution is 9.10. The number of nitrogens with zero attached hydrogens (tertiary/aromatic N) is 3. The second kappa shape index (κ2) is 7.98. The number of hydrogen-bond acceptors (Lipinski definition) is 3. The molecule has 6 nitrogen and oxygen atoms in total. The van der Waals surface area contributed by atoms with Crippen molar-refractivity contribution in [3.05, 3.63) is 75.9 Å². The quantitative estimate of drug-likeness (QED) is 0.501. The van der Waals surface area contributed by atoms with Crippen molar-refractivity contribution in [2.75, 3.05) is 6.54 Å². The molecule has 0 radical (unpaired) electrons. The molecule has 4 aromatic rings. The van der Waals surface area contributed by atoms with E-state index in [9.17, 15) is 9.59 Å². The lowest BCUT2D eigenvalue weighted by Gasteiger charge is -2.09. The van der Waals surface area contributed by atoms with Crippen LogP contribution < -0.4 is 10.9 Å². The van der Waals surface area contributed by atoms with Gasteiger partial charge in [-0.3, -0.25) is 14.2 Å². The number of benzene rings is 2. The molecule has 4 rings (SSSR count). The largest absolute Gasteiger partial charge is 0.354 e. The molecule has 2 heterocycles. The maximum absolute atomic E-state index is 12.4. The summed E-state index contributed by atoms with van der Waals surface area (Å²) in [5, 5.41) is 4.65. The third kappa shape index (κ3) is 3.84. The summed E-state index contributed by atoms with van der Waals surface area (Å²) < 4.78 is 4.62. The highest BCUT2D eigenvalue weighted by Crippen LogP contribution is 2.20. The van der Waals surface area contributed by atoms with Crippen LogP contribution in [0.15, 0.2) is 70.3 Å². The number of hydrogen-bond donors (Lipinski definition) is 1. The van der Waals surface area contributed by atoms with E-state index >= 15 is 0 Å². The SMILES string of the molecule is O=C(CCn1cnc2ccccc2c1=O)NCCn1ccc2ccc(Br)cc21. The fourth-order valence-corrected chi connectivity index (χ4v) is 3.59. The first-order chi connectivity index (χ1) is 13.6. The number of carbonyl (C=O) groups is 1. The first-order valence-corrected chi connectivity index (χ1v) is 9.86. The summed E-state index contributed by atoms with van der Waals surface area (Å²) in [5.41, 5.74) is 1.67. The second-order valence-electron chi connectivity index (χ2n) is 6.57. The monoisotopic (exact) mass is 438 g/mol. The van der Waals surface area contributed by atoms with Crippen LogP contribution in [0.1, 0.15) is 6.42 Å². The fraction of sp³-hybridized carbons (Fsp3) is 0.190. The zero-order chi connectivity index (χ0) is 19.5. The first-order valence-electron chi connectivity index (χ1n) is 9.07. The van der Waals surface area contributed by atoms with E-state index in [1.54, 1.807) is 12.1 Å². The molecule has 1 amide bonds. The van der Waals surface area contributed by atoms with E-state index < -0.39 is 0 Å². The number of nitrogens with one attached hydrogen (secondary N) is 1. The standard InChI is InChI=1S/C21H19BrN4O2/c22-16-6-5-15-7-10-25(19(15)13-16)12-9-23-20(27)8-11-26-14-24-18-4-2-1-3-17(18)21(26)28/h1-7,10,13-14H,8-9,11-12H2,(H,23,27). The van der Waals surface area contributed by atoms with Crippen molar-refractivity contribution < 1.29 is 4.79 Å². The van der Waals surface area contributed by atoms with E-state index in [1.807, 2.05) is 24.4 Å². The minimum atomic E-state index is -0.122. The van der Waals surface area contributed by atoms with E-state index in [4.69, 9.17) is 0 Å². The molecule has 0 aliphatic carbocycles. The number of aryl methyl sites for hydroxylation is 1. The molecular formula is C21H19BrN4O2. The minimum Gasteiger partial charge on any atom is -0.354 e. The van der Waals surface area contributed by atoms with Gasteiger partial charge in [0.05, 0.1) is 17.2 Å². The van der Waals surface area contributed by atoms with Gasteiger partial charge in [0.25, 0.3) is 5.56 Å². The maximum atomic E-state index is 12.4. The molecule has 0 saturated heterocycles. The number of carbonyl (C=O) groups excluding carboxylic acids is 1. The smallest absolute Gasteiger partial charge is 0.261 e. The van der Waals surface area contributed by atoms with Gasteiger partial charge in [0.1, 0.15) is 0 Å². The van der Waals surface area contributed by atoms with Gasteiger partial charge in [-0.05, 0) is 35.7 Å². The van der Waals surface area contributed by atoms with Crippen LogP contribution >= 0.6 is 15.9 Å². The molecule has 0 aliphatic rings. The van der Waals surface area contributed by atoms with Crippen LogP contribution in [0.2, 0.25) is 0 Å². The van der Waals surface area contributed by atoms with Crippen molar-refractivity contribution in [3.8, 4) is 0 Å². The normalized spacial score (nSPS) is 11.2. The Morgan fingerprint density at radius 2 is 1.93 bits per heavy atom. The molecule has 0 bridgehead atoms. The minimum absolute atomic E-state index is 0.0855. The van der Waals surface area contributed by atoms with Crippen LogP contribution in [0.4, 0.5) is 0 Å². The van der Waals surface area contributed by atoms with Crippen LogP contribution in [0.5, 0.6) is 0 Å². The van der Waals surface area contributed by atoms with Gasteiger partial charge in [0.2, 0.25) is 5.91 Å². The van der Waals surface area contributed by atoms with Gasteiger partial charge in [-0.1, -0.05) is 34.1 Å². The highest BCUT2D eigenvalue weighted by Gasteiger charge is 2.07. The second-order valence-corrected chi connectivity index (χ2v) is 7.49. The third-order valence-corrected chi connectivity index (χ3v) is 5.22. The van der Waals surface area contributed by atoms with Crippen LogP contribution in [-0.4, -0.2) is 26.6 Å². The number of rotatable bonds is 6. The zero-order valence-corrected chi connectivity index (χ0v) is 16.7. The van der Waals surface area contributed by atoms with Gasteiger partial charge in [-0.2, -0.15) is 0 Å². The maximum Gasteiger partial charge on any atom is 0.261 e. The average Bonchev–Trinajstić information content (AvgIpc) is 3.10. The predicted octanol–water partition coefficient (Wildman–Crippen LogP) is 3.32. The average molecular weight is 439 g/mol.